The van der Waals surface area contributed by atoms with Crippen molar-refractivity contribution in [1.82, 2.24) is 9.80 Å². The second kappa shape index (κ2) is 9.50. The molecule has 176 valence electrons. The van der Waals surface area contributed by atoms with Crippen molar-refractivity contribution in [2.75, 3.05) is 40.5 Å². The van der Waals surface area contributed by atoms with Gasteiger partial charge in [0, 0.05) is 46.3 Å². The Labute approximate surface area is 194 Å². The topological polar surface area (TPSA) is 51.2 Å². The molecule has 0 radical (unpaired) electrons. The molecular weight excluding hydrogens is 423 g/mol. The number of ether oxygens (including phenoxy) is 3. The van der Waals surface area contributed by atoms with Gasteiger partial charge in [0.1, 0.15) is 11.9 Å². The minimum atomic E-state index is -0.531. The second-order valence-electron chi connectivity index (χ2n) is 9.15. The first-order valence-electron chi connectivity index (χ1n) is 11.6. The molecule has 0 N–H and O–H groups in total. The molecule has 6 nitrogen and oxygen atoms in total. The van der Waals surface area contributed by atoms with Gasteiger partial charge < -0.3 is 19.1 Å². The van der Waals surface area contributed by atoms with E-state index in [4.69, 9.17) is 14.2 Å². The molecule has 2 fully saturated rings. The van der Waals surface area contributed by atoms with Crippen LogP contribution in [0.25, 0.3) is 0 Å². The van der Waals surface area contributed by atoms with E-state index in [1.807, 2.05) is 17.0 Å². The maximum atomic E-state index is 13.8. The van der Waals surface area contributed by atoms with Crippen molar-refractivity contribution >= 4 is 5.91 Å². The molecule has 3 aliphatic rings. The number of halogens is 1. The predicted molar refractivity (Wildman–Crippen MR) is 121 cm³/mol. The minimum absolute atomic E-state index is 0.0119. The van der Waals surface area contributed by atoms with Crippen LogP contribution in [-0.2, 0) is 25.4 Å². The van der Waals surface area contributed by atoms with Gasteiger partial charge in [-0.1, -0.05) is 36.4 Å². The molecule has 0 unspecified atom stereocenters. The van der Waals surface area contributed by atoms with Gasteiger partial charge in [0.25, 0.3) is 5.91 Å². The molecule has 2 saturated heterocycles. The summed E-state index contributed by atoms with van der Waals surface area (Å²) in [5.74, 6) is -0.295. The summed E-state index contributed by atoms with van der Waals surface area (Å²) >= 11 is 0. The van der Waals surface area contributed by atoms with Crippen LogP contribution in [0, 0.1) is 5.82 Å². The lowest BCUT2D eigenvalue weighted by molar-refractivity contribution is -0.172. The van der Waals surface area contributed by atoms with Gasteiger partial charge in [0.05, 0.1) is 24.9 Å². The first-order chi connectivity index (χ1) is 16.1. The zero-order valence-electron chi connectivity index (χ0n) is 19.2. The van der Waals surface area contributed by atoms with E-state index in [1.165, 1.54) is 17.7 Å². The highest BCUT2D eigenvalue weighted by molar-refractivity contribution is 5.82. The highest BCUT2D eigenvalue weighted by atomic mass is 19.1. The maximum absolute atomic E-state index is 13.8. The fourth-order valence-corrected chi connectivity index (χ4v) is 5.43. The number of likely N-dealkylation sites (tertiary alicyclic amines) is 1. The normalized spacial score (nSPS) is 28.3. The Kier molecular flexibility index (Phi) is 6.47. The van der Waals surface area contributed by atoms with Crippen LogP contribution < -0.4 is 0 Å². The second-order valence-corrected chi connectivity index (χ2v) is 9.15. The Morgan fingerprint density at radius 3 is 2.55 bits per heavy atom. The van der Waals surface area contributed by atoms with Gasteiger partial charge in [-0.3, -0.25) is 9.69 Å². The lowest BCUT2D eigenvalue weighted by atomic mass is 9.87. The summed E-state index contributed by atoms with van der Waals surface area (Å²) in [6, 6.07) is 14.5. The monoisotopic (exact) mass is 454 g/mol. The number of fused-ring (bicyclic) bond motifs is 1. The van der Waals surface area contributed by atoms with Crippen molar-refractivity contribution < 1.29 is 23.4 Å². The molecule has 0 aliphatic carbocycles. The number of carbonyl (C=O) groups excluding carboxylic acids is 1. The van der Waals surface area contributed by atoms with Gasteiger partial charge in [-0.2, -0.15) is 0 Å². The molecule has 5 rings (SSSR count). The van der Waals surface area contributed by atoms with Crippen LogP contribution in [0.2, 0.25) is 0 Å². The smallest absolute Gasteiger partial charge is 0.252 e. The number of hydrogen-bond donors (Lipinski definition) is 0. The van der Waals surface area contributed by atoms with Crippen LogP contribution in [0.4, 0.5) is 4.39 Å². The van der Waals surface area contributed by atoms with Crippen molar-refractivity contribution in [2.45, 2.75) is 43.2 Å². The summed E-state index contributed by atoms with van der Waals surface area (Å²) in [7, 11) is 3.43. The lowest BCUT2D eigenvalue weighted by Gasteiger charge is -2.49. The van der Waals surface area contributed by atoms with Crippen LogP contribution in [0.5, 0.6) is 0 Å². The molecule has 3 heterocycles. The van der Waals surface area contributed by atoms with Crippen LogP contribution in [-0.4, -0.2) is 80.5 Å². The Balaban J connectivity index is 1.40. The molecule has 0 spiro atoms. The standard InChI is InChI=1S/C26H31FN2O4/c1-31-20-14-28(15-20)22-13-23(33-16-24(22)32-2)26(30)29-12-11-17-5-3-4-6-21(17)25(29)18-7-9-19(27)10-8-18/h3-10,20,22-25H,11-16H2,1-2H3/t22-,23+,24-,25-/m0/s1. The summed E-state index contributed by atoms with van der Waals surface area (Å²) in [6.45, 7) is 2.68. The van der Waals surface area contributed by atoms with Gasteiger partial charge >= 0.3 is 0 Å². The first kappa shape index (κ1) is 22.5. The van der Waals surface area contributed by atoms with Gasteiger partial charge in [0.15, 0.2) is 0 Å². The fourth-order valence-electron chi connectivity index (χ4n) is 5.43. The van der Waals surface area contributed by atoms with E-state index in [9.17, 15) is 9.18 Å². The molecule has 1 amide bonds. The molecule has 0 bridgehead atoms. The van der Waals surface area contributed by atoms with Crippen molar-refractivity contribution in [1.29, 1.82) is 0 Å². The Hall–Kier alpha value is -2.32. The quantitative estimate of drug-likeness (QED) is 0.696. The highest BCUT2D eigenvalue weighted by Crippen LogP contribution is 2.37. The summed E-state index contributed by atoms with van der Waals surface area (Å²) in [4.78, 5) is 18.1. The van der Waals surface area contributed by atoms with Crippen molar-refractivity contribution in [3.05, 3.63) is 71.0 Å². The average molecular weight is 455 g/mol. The third-order valence-electron chi connectivity index (χ3n) is 7.36. The maximum Gasteiger partial charge on any atom is 0.252 e. The zero-order chi connectivity index (χ0) is 22.9. The van der Waals surface area contributed by atoms with Gasteiger partial charge in [-0.25, -0.2) is 4.39 Å². The number of methoxy groups -OCH3 is 2. The molecule has 3 aliphatic heterocycles. The average Bonchev–Trinajstić information content (AvgIpc) is 2.83. The zero-order valence-corrected chi connectivity index (χ0v) is 19.2. The van der Waals surface area contributed by atoms with E-state index in [1.54, 1.807) is 26.4 Å². The van der Waals surface area contributed by atoms with Gasteiger partial charge in [0.2, 0.25) is 0 Å². The predicted octanol–water partition coefficient (Wildman–Crippen LogP) is 2.80. The SMILES string of the molecule is COC1CN([C@H]2C[C@H](C(=O)N3CCc4ccccc4[C@@H]3c3ccc(F)cc3)OC[C@@H]2OC)C1. The molecule has 0 saturated carbocycles. The number of rotatable bonds is 5. The molecule has 4 atom stereocenters. The number of amides is 1. The van der Waals surface area contributed by atoms with E-state index in [-0.39, 0.29) is 36.0 Å². The first-order valence-corrected chi connectivity index (χ1v) is 11.6. The van der Waals surface area contributed by atoms with E-state index < -0.39 is 6.10 Å². The van der Waals surface area contributed by atoms with Gasteiger partial charge in [-0.15, -0.1) is 0 Å². The molecule has 33 heavy (non-hydrogen) atoms. The molecule has 7 heteroatoms. The number of nitrogens with zero attached hydrogens (tertiary/aromatic N) is 2. The van der Waals surface area contributed by atoms with Crippen LogP contribution in [0.1, 0.15) is 29.2 Å². The fraction of sp³-hybridized carbons (Fsp3) is 0.500. The van der Waals surface area contributed by atoms with E-state index in [0.29, 0.717) is 19.6 Å². The summed E-state index contributed by atoms with van der Waals surface area (Å²) in [5.41, 5.74) is 3.23. The lowest BCUT2D eigenvalue weighted by Crippen LogP contribution is -2.63. The van der Waals surface area contributed by atoms with Crippen LogP contribution in [0.15, 0.2) is 48.5 Å². The molecule has 0 aromatic heterocycles. The Bertz CT molecular complexity index is 979. The van der Waals surface area contributed by atoms with Crippen LogP contribution >= 0.6 is 0 Å². The summed E-state index contributed by atoms with van der Waals surface area (Å²) in [5, 5.41) is 0. The molecule has 2 aromatic rings. The van der Waals surface area contributed by atoms with Crippen molar-refractivity contribution in [3.8, 4) is 0 Å². The molecular formula is C26H31FN2O4. The van der Waals surface area contributed by atoms with Crippen LogP contribution in [0.3, 0.4) is 0 Å². The Morgan fingerprint density at radius 1 is 1.06 bits per heavy atom. The van der Waals surface area contributed by atoms with E-state index >= 15 is 0 Å². The summed E-state index contributed by atoms with van der Waals surface area (Å²) < 4.78 is 30.8. The minimum Gasteiger partial charge on any atom is -0.379 e. The van der Waals surface area contributed by atoms with E-state index in [0.717, 1.165) is 30.6 Å². The van der Waals surface area contributed by atoms with E-state index in [2.05, 4.69) is 17.0 Å². The number of benzene rings is 2. The largest absolute Gasteiger partial charge is 0.379 e. The third kappa shape index (κ3) is 4.30. The highest BCUT2D eigenvalue weighted by Gasteiger charge is 2.45. The van der Waals surface area contributed by atoms with Crippen molar-refractivity contribution in [2.24, 2.45) is 0 Å². The summed E-state index contributed by atoms with van der Waals surface area (Å²) in [6.07, 6.45) is 1.01. The molecule has 2 aromatic carbocycles. The van der Waals surface area contributed by atoms with Gasteiger partial charge in [-0.05, 0) is 35.2 Å². The third-order valence-corrected chi connectivity index (χ3v) is 7.36. The number of hydrogen-bond acceptors (Lipinski definition) is 5. The Morgan fingerprint density at radius 2 is 1.82 bits per heavy atom. The number of carbonyl (C=O) groups is 1. The van der Waals surface area contributed by atoms with Crippen molar-refractivity contribution in [3.63, 3.8) is 0 Å².